The first-order valence-electron chi connectivity index (χ1n) is 7.33. The van der Waals surface area contributed by atoms with Crippen LogP contribution in [0.25, 0.3) is 0 Å². The molecule has 2 rings (SSSR count). The molecule has 108 valence electrons. The van der Waals surface area contributed by atoms with Gasteiger partial charge in [0.2, 0.25) is 0 Å². The fraction of sp³-hybridized carbons (Fsp3) is 0.471. The summed E-state index contributed by atoms with van der Waals surface area (Å²) in [5, 5.41) is 0. The number of ketones is 1. The van der Waals surface area contributed by atoms with Gasteiger partial charge in [0, 0.05) is 28.7 Å². The maximum absolute atomic E-state index is 12.2. The van der Waals surface area contributed by atoms with Crippen molar-refractivity contribution in [3.63, 3.8) is 0 Å². The average molecular weight is 336 g/mol. The first-order chi connectivity index (χ1) is 9.54. The van der Waals surface area contributed by atoms with Crippen LogP contribution in [0.3, 0.4) is 0 Å². The molecule has 0 N–H and O–H groups in total. The smallest absolute Gasteiger partial charge is 0.162 e. The molecule has 20 heavy (non-hydrogen) atoms. The quantitative estimate of drug-likeness (QED) is 0.697. The third-order valence-electron chi connectivity index (χ3n) is 3.78. The van der Waals surface area contributed by atoms with Gasteiger partial charge in [-0.1, -0.05) is 19.9 Å². The van der Waals surface area contributed by atoms with Crippen LogP contribution in [0.2, 0.25) is 0 Å². The molecule has 0 aromatic heterocycles. The zero-order valence-electron chi connectivity index (χ0n) is 12.3. The predicted octanol–water partition coefficient (Wildman–Crippen LogP) is 5.11. The summed E-state index contributed by atoms with van der Waals surface area (Å²) in [6, 6.07) is 4.05. The summed E-state index contributed by atoms with van der Waals surface area (Å²) in [6.45, 7) is 9.20. The molecular formula is C17H22BrNO. The molecule has 1 aliphatic heterocycles. The number of hydrogen-bond donors (Lipinski definition) is 0. The summed E-state index contributed by atoms with van der Waals surface area (Å²) < 4.78 is 1.01. The van der Waals surface area contributed by atoms with Crippen LogP contribution in [0.15, 0.2) is 28.9 Å². The van der Waals surface area contributed by atoms with Gasteiger partial charge in [0.25, 0.3) is 0 Å². The molecule has 0 atom stereocenters. The molecule has 0 spiro atoms. The van der Waals surface area contributed by atoms with Crippen molar-refractivity contribution in [2.45, 2.75) is 46.0 Å². The number of Topliss-reactive ketones (excluding diaryl/α,β-unsaturated/α-hetero) is 1. The number of fused-ring (bicyclic) bond motifs is 1. The van der Waals surface area contributed by atoms with Gasteiger partial charge in [0.05, 0.1) is 5.69 Å². The van der Waals surface area contributed by atoms with Crippen LogP contribution >= 0.6 is 15.9 Å². The maximum Gasteiger partial charge on any atom is 0.162 e. The average Bonchev–Trinajstić information content (AvgIpc) is 2.43. The Hall–Kier alpha value is -1.09. The molecule has 0 bridgehead atoms. The van der Waals surface area contributed by atoms with Crippen LogP contribution in [-0.4, -0.2) is 12.3 Å². The van der Waals surface area contributed by atoms with Gasteiger partial charge in [-0.05, 0) is 59.8 Å². The highest BCUT2D eigenvalue weighted by molar-refractivity contribution is 9.10. The lowest BCUT2D eigenvalue weighted by molar-refractivity contribution is 0.0979. The highest BCUT2D eigenvalue weighted by atomic mass is 79.9. The Balaban J connectivity index is 2.35. The number of rotatable bonds is 5. The minimum Gasteiger partial charge on any atom is -0.345 e. The Kier molecular flexibility index (Phi) is 5.03. The van der Waals surface area contributed by atoms with E-state index in [-0.39, 0.29) is 5.78 Å². The largest absolute Gasteiger partial charge is 0.345 e. The molecule has 0 amide bonds. The van der Waals surface area contributed by atoms with E-state index in [1.54, 1.807) is 0 Å². The standard InChI is InChI=1S/C17H22BrNO/c1-4-5-8-16(20)14-10-13-7-6-9-19(12(2)3)17(13)15(18)11-14/h10-11H,2,4-9H2,1,3H3. The normalized spacial score (nSPS) is 14.1. The van der Waals surface area contributed by atoms with E-state index in [9.17, 15) is 4.79 Å². The minimum absolute atomic E-state index is 0.253. The third kappa shape index (κ3) is 3.14. The van der Waals surface area contributed by atoms with Crippen LogP contribution in [-0.2, 0) is 6.42 Å². The van der Waals surface area contributed by atoms with Crippen molar-refractivity contribution in [3.05, 3.63) is 40.0 Å². The number of nitrogens with zero attached hydrogens (tertiary/aromatic N) is 1. The lowest BCUT2D eigenvalue weighted by atomic mass is 9.96. The number of hydrogen-bond acceptors (Lipinski definition) is 2. The van der Waals surface area contributed by atoms with E-state index in [4.69, 9.17) is 0 Å². The van der Waals surface area contributed by atoms with E-state index in [0.29, 0.717) is 6.42 Å². The van der Waals surface area contributed by atoms with E-state index < -0.39 is 0 Å². The number of halogens is 1. The highest BCUT2D eigenvalue weighted by Crippen LogP contribution is 2.37. The van der Waals surface area contributed by atoms with Gasteiger partial charge in [0.15, 0.2) is 5.78 Å². The van der Waals surface area contributed by atoms with Gasteiger partial charge in [0.1, 0.15) is 0 Å². The van der Waals surface area contributed by atoms with Crippen LogP contribution in [0.1, 0.15) is 55.5 Å². The molecular weight excluding hydrogens is 314 g/mol. The summed E-state index contributed by atoms with van der Waals surface area (Å²) in [6.07, 6.45) is 4.81. The molecule has 0 radical (unpaired) electrons. The van der Waals surface area contributed by atoms with E-state index in [1.807, 2.05) is 13.0 Å². The molecule has 1 heterocycles. The van der Waals surface area contributed by atoms with Gasteiger partial charge >= 0.3 is 0 Å². The number of allylic oxidation sites excluding steroid dienone is 1. The zero-order valence-corrected chi connectivity index (χ0v) is 13.9. The molecule has 1 aromatic rings. The van der Waals surface area contributed by atoms with Gasteiger partial charge in [-0.25, -0.2) is 0 Å². The Morgan fingerprint density at radius 3 is 2.85 bits per heavy atom. The fourth-order valence-electron chi connectivity index (χ4n) is 2.71. The van der Waals surface area contributed by atoms with E-state index in [0.717, 1.165) is 48.0 Å². The van der Waals surface area contributed by atoms with E-state index in [2.05, 4.69) is 40.4 Å². The Bertz CT molecular complexity index is 536. The molecule has 0 unspecified atom stereocenters. The van der Waals surface area contributed by atoms with Crippen LogP contribution < -0.4 is 4.90 Å². The summed E-state index contributed by atoms with van der Waals surface area (Å²) in [7, 11) is 0. The molecule has 3 heteroatoms. The number of aryl methyl sites for hydroxylation is 1. The van der Waals surface area contributed by atoms with Gasteiger partial charge < -0.3 is 4.90 Å². The van der Waals surface area contributed by atoms with Crippen molar-refractivity contribution in [1.29, 1.82) is 0 Å². The molecule has 0 aliphatic carbocycles. The maximum atomic E-state index is 12.2. The summed E-state index contributed by atoms with van der Waals surface area (Å²) in [5.74, 6) is 0.253. The zero-order chi connectivity index (χ0) is 14.7. The lowest BCUT2D eigenvalue weighted by Crippen LogP contribution is -2.27. The Morgan fingerprint density at radius 2 is 2.20 bits per heavy atom. The first-order valence-corrected chi connectivity index (χ1v) is 8.12. The molecule has 1 aromatic carbocycles. The molecule has 1 aliphatic rings. The Morgan fingerprint density at radius 1 is 1.45 bits per heavy atom. The summed E-state index contributed by atoms with van der Waals surface area (Å²) >= 11 is 3.64. The van der Waals surface area contributed by atoms with Crippen molar-refractivity contribution >= 4 is 27.4 Å². The minimum atomic E-state index is 0.253. The molecule has 2 nitrogen and oxygen atoms in total. The second-order valence-corrected chi connectivity index (χ2v) is 6.34. The fourth-order valence-corrected chi connectivity index (χ4v) is 3.43. The van der Waals surface area contributed by atoms with Gasteiger partial charge in [-0.3, -0.25) is 4.79 Å². The first kappa shape index (κ1) is 15.3. The van der Waals surface area contributed by atoms with Crippen LogP contribution in [0.4, 0.5) is 5.69 Å². The van der Waals surface area contributed by atoms with Gasteiger partial charge in [-0.15, -0.1) is 0 Å². The predicted molar refractivity (Wildman–Crippen MR) is 88.5 cm³/mol. The number of unbranched alkanes of at least 4 members (excludes halogenated alkanes) is 1. The van der Waals surface area contributed by atoms with Crippen LogP contribution in [0, 0.1) is 0 Å². The number of anilines is 1. The summed E-state index contributed by atoms with van der Waals surface area (Å²) in [5.41, 5.74) is 4.34. The number of carbonyl (C=O) groups excluding carboxylic acids is 1. The molecule has 0 fully saturated rings. The second-order valence-electron chi connectivity index (χ2n) is 5.48. The monoisotopic (exact) mass is 335 g/mol. The van der Waals surface area contributed by atoms with Crippen LogP contribution in [0.5, 0.6) is 0 Å². The molecule has 0 saturated carbocycles. The van der Waals surface area contributed by atoms with Crippen molar-refractivity contribution in [3.8, 4) is 0 Å². The topological polar surface area (TPSA) is 20.3 Å². The third-order valence-corrected chi connectivity index (χ3v) is 4.38. The lowest BCUT2D eigenvalue weighted by Gasteiger charge is -2.32. The summed E-state index contributed by atoms with van der Waals surface area (Å²) in [4.78, 5) is 14.4. The number of benzene rings is 1. The van der Waals surface area contributed by atoms with Crippen molar-refractivity contribution in [2.24, 2.45) is 0 Å². The van der Waals surface area contributed by atoms with Crippen molar-refractivity contribution < 1.29 is 4.79 Å². The molecule has 0 saturated heterocycles. The van der Waals surface area contributed by atoms with E-state index >= 15 is 0 Å². The Labute approximate surface area is 130 Å². The SMILES string of the molecule is C=C(C)N1CCCc2cc(C(=O)CCCC)cc(Br)c21. The number of carbonyl (C=O) groups is 1. The van der Waals surface area contributed by atoms with E-state index in [1.165, 1.54) is 11.3 Å². The van der Waals surface area contributed by atoms with Crippen molar-refractivity contribution in [2.75, 3.05) is 11.4 Å². The van der Waals surface area contributed by atoms with Gasteiger partial charge in [-0.2, -0.15) is 0 Å². The highest BCUT2D eigenvalue weighted by Gasteiger charge is 2.22. The van der Waals surface area contributed by atoms with Crippen molar-refractivity contribution in [1.82, 2.24) is 0 Å². The second kappa shape index (κ2) is 6.57.